The van der Waals surface area contributed by atoms with Crippen LogP contribution in [0.5, 0.6) is 5.75 Å². The third kappa shape index (κ3) is 3.72. The van der Waals surface area contributed by atoms with E-state index < -0.39 is 0 Å². The summed E-state index contributed by atoms with van der Waals surface area (Å²) in [5.74, 6) is 0.519. The maximum absolute atomic E-state index is 12.6. The second kappa shape index (κ2) is 7.61. The largest absolute Gasteiger partial charge is 0.487 e. The van der Waals surface area contributed by atoms with Crippen molar-refractivity contribution < 1.29 is 9.53 Å². The van der Waals surface area contributed by atoms with E-state index in [1.807, 2.05) is 37.4 Å². The number of aromatic nitrogens is 2. The van der Waals surface area contributed by atoms with Gasteiger partial charge in [0.25, 0.3) is 5.56 Å². The number of nitrogens with one attached hydrogen (secondary N) is 1. The minimum atomic E-state index is -0.140. The molecule has 1 amide bonds. The molecule has 0 atom stereocenters. The van der Waals surface area contributed by atoms with Crippen LogP contribution in [0.15, 0.2) is 63.9 Å². The molecule has 3 aromatic rings. The summed E-state index contributed by atoms with van der Waals surface area (Å²) in [7, 11) is 1.82. The van der Waals surface area contributed by atoms with Gasteiger partial charge in [-0.1, -0.05) is 18.2 Å². The zero-order chi connectivity index (χ0) is 18.7. The molecule has 0 aliphatic carbocycles. The highest BCUT2D eigenvalue weighted by molar-refractivity contribution is 9.10. The van der Waals surface area contributed by atoms with Crippen LogP contribution in [0.2, 0.25) is 0 Å². The van der Waals surface area contributed by atoms with Gasteiger partial charge in [0.2, 0.25) is 5.91 Å². The van der Waals surface area contributed by atoms with Gasteiger partial charge in [-0.2, -0.15) is 0 Å². The molecule has 0 unspecified atom stereocenters. The smallest absolute Gasteiger partial charge is 0.286 e. The average Bonchev–Trinajstić information content (AvgIpc) is 2.84. The van der Waals surface area contributed by atoms with Crippen LogP contribution in [0.4, 0.5) is 5.69 Å². The quantitative estimate of drug-likeness (QED) is 0.693. The third-order valence-electron chi connectivity index (χ3n) is 3.88. The molecule has 0 saturated heterocycles. The maximum atomic E-state index is 12.6. The molecule has 0 spiro atoms. The minimum absolute atomic E-state index is 0.125. The Kier molecular flexibility index (Phi) is 5.27. The van der Waals surface area contributed by atoms with E-state index in [-0.39, 0.29) is 18.1 Å². The lowest BCUT2D eigenvalue weighted by atomic mass is 10.3. The highest BCUT2D eigenvalue weighted by atomic mass is 79.9. The van der Waals surface area contributed by atoms with Crippen LogP contribution in [0.1, 0.15) is 12.6 Å². The van der Waals surface area contributed by atoms with Crippen molar-refractivity contribution in [1.82, 2.24) is 9.36 Å². The number of amides is 1. The van der Waals surface area contributed by atoms with Crippen LogP contribution >= 0.6 is 15.9 Å². The van der Waals surface area contributed by atoms with E-state index in [1.165, 1.54) is 6.92 Å². The summed E-state index contributed by atoms with van der Waals surface area (Å²) in [6.07, 6.45) is 0. The first-order valence-electron chi connectivity index (χ1n) is 7.99. The van der Waals surface area contributed by atoms with Crippen LogP contribution in [-0.4, -0.2) is 15.3 Å². The van der Waals surface area contributed by atoms with Crippen molar-refractivity contribution in [2.24, 2.45) is 7.05 Å². The zero-order valence-electron chi connectivity index (χ0n) is 14.4. The van der Waals surface area contributed by atoms with Gasteiger partial charge >= 0.3 is 0 Å². The molecule has 0 fully saturated rings. The van der Waals surface area contributed by atoms with Gasteiger partial charge in [0.05, 0.1) is 11.4 Å². The summed E-state index contributed by atoms with van der Waals surface area (Å²) in [5, 5.41) is 2.70. The van der Waals surface area contributed by atoms with Gasteiger partial charge in [-0.25, -0.2) is 4.68 Å². The SMILES string of the molecule is CC(=O)Nc1ccc(OCc2c(Br)c(=O)n(-c3ccccc3)n2C)cc1. The number of nitrogens with zero attached hydrogens (tertiary/aromatic N) is 2. The molecule has 0 aliphatic rings. The van der Waals surface area contributed by atoms with E-state index in [0.29, 0.717) is 15.9 Å². The number of halogens is 1. The summed E-state index contributed by atoms with van der Waals surface area (Å²) < 4.78 is 9.63. The summed E-state index contributed by atoms with van der Waals surface area (Å²) in [6, 6.07) is 16.5. The molecular formula is C19H18BrN3O3. The Morgan fingerprint density at radius 3 is 2.38 bits per heavy atom. The monoisotopic (exact) mass is 415 g/mol. The van der Waals surface area contributed by atoms with E-state index in [4.69, 9.17) is 4.74 Å². The molecule has 0 saturated carbocycles. The Morgan fingerprint density at radius 2 is 1.77 bits per heavy atom. The Labute approximate surface area is 159 Å². The van der Waals surface area contributed by atoms with Crippen molar-refractivity contribution in [1.29, 1.82) is 0 Å². The van der Waals surface area contributed by atoms with Crippen molar-refractivity contribution in [2.45, 2.75) is 13.5 Å². The fourth-order valence-corrected chi connectivity index (χ4v) is 3.16. The molecule has 1 heterocycles. The summed E-state index contributed by atoms with van der Waals surface area (Å²) in [5.41, 5.74) is 2.07. The summed E-state index contributed by atoms with van der Waals surface area (Å²) >= 11 is 3.38. The number of hydrogen-bond acceptors (Lipinski definition) is 3. The van der Waals surface area contributed by atoms with E-state index in [9.17, 15) is 9.59 Å². The van der Waals surface area contributed by atoms with Crippen molar-refractivity contribution >= 4 is 27.5 Å². The molecule has 0 bridgehead atoms. The zero-order valence-corrected chi connectivity index (χ0v) is 16.0. The van der Waals surface area contributed by atoms with Crippen LogP contribution in [0.3, 0.4) is 0 Å². The van der Waals surface area contributed by atoms with Crippen LogP contribution in [-0.2, 0) is 18.4 Å². The van der Waals surface area contributed by atoms with Gasteiger partial charge in [0, 0.05) is 19.7 Å². The van der Waals surface area contributed by atoms with Gasteiger partial charge in [-0.3, -0.25) is 14.3 Å². The van der Waals surface area contributed by atoms with Gasteiger partial charge in [-0.15, -0.1) is 0 Å². The molecule has 1 aromatic heterocycles. The summed E-state index contributed by atoms with van der Waals surface area (Å²) in [4.78, 5) is 23.6. The Bertz CT molecular complexity index is 976. The molecule has 3 rings (SSSR count). The molecular weight excluding hydrogens is 398 g/mol. The predicted molar refractivity (Wildman–Crippen MR) is 104 cm³/mol. The Hall–Kier alpha value is -2.80. The fourth-order valence-electron chi connectivity index (χ4n) is 2.62. The standard InChI is InChI=1S/C19H18BrN3O3/c1-13(24)21-14-8-10-16(11-9-14)26-12-17-18(20)19(25)23(22(17)2)15-6-4-3-5-7-15/h3-11H,12H2,1-2H3,(H,21,24). The van der Waals surface area contributed by atoms with E-state index in [2.05, 4.69) is 21.2 Å². The second-order valence-electron chi connectivity index (χ2n) is 5.73. The van der Waals surface area contributed by atoms with Crippen LogP contribution in [0.25, 0.3) is 5.69 Å². The molecule has 0 aliphatic heterocycles. The van der Waals surface area contributed by atoms with Crippen molar-refractivity contribution in [3.05, 3.63) is 75.1 Å². The molecule has 134 valence electrons. The number of rotatable bonds is 5. The number of ether oxygens (including phenoxy) is 1. The van der Waals surface area contributed by atoms with Crippen molar-refractivity contribution in [3.8, 4) is 11.4 Å². The van der Waals surface area contributed by atoms with Crippen LogP contribution in [0, 0.1) is 0 Å². The lowest BCUT2D eigenvalue weighted by Crippen LogP contribution is -2.19. The maximum Gasteiger partial charge on any atom is 0.286 e. The predicted octanol–water partition coefficient (Wildman–Crippen LogP) is 3.48. The minimum Gasteiger partial charge on any atom is -0.487 e. The molecule has 2 aromatic carbocycles. The number of hydrogen-bond donors (Lipinski definition) is 1. The third-order valence-corrected chi connectivity index (χ3v) is 4.67. The lowest BCUT2D eigenvalue weighted by Gasteiger charge is -2.11. The first-order valence-corrected chi connectivity index (χ1v) is 8.79. The fraction of sp³-hybridized carbons (Fsp3) is 0.158. The van der Waals surface area contributed by atoms with Gasteiger partial charge in [0.1, 0.15) is 16.8 Å². The number of para-hydroxylation sites is 1. The lowest BCUT2D eigenvalue weighted by molar-refractivity contribution is -0.114. The van der Waals surface area contributed by atoms with Gasteiger partial charge in [0.15, 0.2) is 0 Å². The average molecular weight is 416 g/mol. The molecule has 6 nitrogen and oxygen atoms in total. The molecule has 26 heavy (non-hydrogen) atoms. The Morgan fingerprint density at radius 1 is 1.12 bits per heavy atom. The van der Waals surface area contributed by atoms with Crippen molar-refractivity contribution in [3.63, 3.8) is 0 Å². The molecule has 1 N–H and O–H groups in total. The van der Waals surface area contributed by atoms with E-state index in [0.717, 1.165) is 11.4 Å². The normalized spacial score (nSPS) is 10.6. The van der Waals surface area contributed by atoms with E-state index in [1.54, 1.807) is 33.6 Å². The second-order valence-corrected chi connectivity index (χ2v) is 6.52. The van der Waals surface area contributed by atoms with E-state index >= 15 is 0 Å². The highest BCUT2D eigenvalue weighted by Crippen LogP contribution is 2.20. The molecule has 7 heteroatoms. The number of anilines is 1. The van der Waals surface area contributed by atoms with Gasteiger partial charge in [-0.05, 0) is 52.3 Å². The number of benzene rings is 2. The first kappa shape index (κ1) is 18.0. The van der Waals surface area contributed by atoms with Crippen LogP contribution < -0.4 is 15.6 Å². The Balaban J connectivity index is 1.81. The number of carbonyl (C=O) groups excluding carboxylic acids is 1. The summed E-state index contributed by atoms with van der Waals surface area (Å²) in [6.45, 7) is 1.69. The highest BCUT2D eigenvalue weighted by Gasteiger charge is 2.17. The first-order chi connectivity index (χ1) is 12.5. The molecule has 0 radical (unpaired) electrons. The van der Waals surface area contributed by atoms with Crippen molar-refractivity contribution in [2.75, 3.05) is 5.32 Å². The van der Waals surface area contributed by atoms with Gasteiger partial charge < -0.3 is 10.1 Å². The number of carbonyl (C=O) groups is 1. The topological polar surface area (TPSA) is 65.3 Å².